The minimum Gasteiger partial charge on any atom is -0.338 e. The summed E-state index contributed by atoms with van der Waals surface area (Å²) < 4.78 is 16.3. The van der Waals surface area contributed by atoms with Crippen molar-refractivity contribution in [2.45, 2.75) is 32.4 Å². The van der Waals surface area contributed by atoms with Gasteiger partial charge in [-0.3, -0.25) is 9.53 Å². The molecule has 0 fully saturated rings. The Morgan fingerprint density at radius 1 is 1.50 bits per heavy atom. The van der Waals surface area contributed by atoms with Gasteiger partial charge in [0, 0.05) is 33.9 Å². The van der Waals surface area contributed by atoms with Crippen molar-refractivity contribution in [3.63, 3.8) is 0 Å². The van der Waals surface area contributed by atoms with Gasteiger partial charge in [-0.15, -0.1) is 0 Å². The third kappa shape index (κ3) is 4.87. The highest BCUT2D eigenvalue weighted by Crippen LogP contribution is 2.10. The summed E-state index contributed by atoms with van der Waals surface area (Å²) in [7, 11) is -0.974. The minimum atomic E-state index is -0.974. The largest absolute Gasteiger partial charge is 0.338 e. The van der Waals surface area contributed by atoms with Gasteiger partial charge in [0.2, 0.25) is 5.88 Å². The Labute approximate surface area is 109 Å². The average molecular weight is 273 g/mol. The number of carbonyl (C=O) groups excluding carboxylic acids is 1. The van der Waals surface area contributed by atoms with Gasteiger partial charge < -0.3 is 9.84 Å². The molecule has 0 radical (unpaired) electrons. The fourth-order valence-electron chi connectivity index (χ4n) is 1.14. The fraction of sp³-hybridized carbons (Fsp3) is 0.636. The minimum absolute atomic E-state index is 0.264. The van der Waals surface area contributed by atoms with Crippen LogP contribution in [0.3, 0.4) is 0 Å². The lowest BCUT2D eigenvalue weighted by Crippen LogP contribution is -2.34. The Hall–Kier alpha value is -1.37. The highest BCUT2D eigenvalue weighted by Gasteiger charge is 2.18. The number of carbonyl (C=O) groups is 1. The van der Waals surface area contributed by atoms with E-state index in [1.165, 1.54) is 0 Å². The van der Waals surface area contributed by atoms with Gasteiger partial charge in [-0.1, -0.05) is 5.16 Å². The summed E-state index contributed by atoms with van der Waals surface area (Å²) in [5.74, 6) is 0.716. The highest BCUT2D eigenvalue weighted by molar-refractivity contribution is 7.86. The van der Waals surface area contributed by atoms with Crippen LogP contribution in [0, 0.1) is 6.92 Å². The van der Waals surface area contributed by atoms with E-state index in [4.69, 9.17) is 4.52 Å². The molecule has 0 aliphatic rings. The predicted octanol–water partition coefficient (Wildman–Crippen LogP) is 1.65. The Morgan fingerprint density at radius 3 is 2.67 bits per heavy atom. The lowest BCUT2D eigenvalue weighted by Gasteiger charge is -2.17. The normalized spacial score (nSPS) is 13.1. The molecule has 102 valence electrons. The van der Waals surface area contributed by atoms with E-state index in [0.29, 0.717) is 23.9 Å². The SMILES string of the molecule is Cc1cc(NC(=O)NCCS(=O)C(C)(C)C)on1. The van der Waals surface area contributed by atoms with Crippen LogP contribution in [0.25, 0.3) is 0 Å². The second kappa shape index (κ2) is 5.99. The van der Waals surface area contributed by atoms with Gasteiger partial charge in [-0.2, -0.15) is 0 Å². The first-order chi connectivity index (χ1) is 8.29. The summed E-state index contributed by atoms with van der Waals surface area (Å²) in [5, 5.41) is 8.75. The van der Waals surface area contributed by atoms with Crippen molar-refractivity contribution in [3.05, 3.63) is 11.8 Å². The maximum absolute atomic E-state index is 11.7. The molecule has 0 saturated heterocycles. The molecular weight excluding hydrogens is 254 g/mol. The number of aryl methyl sites for hydroxylation is 1. The standard InChI is InChI=1S/C11H19N3O3S/c1-8-7-9(17-14-8)13-10(15)12-5-6-18(16)11(2,3)4/h7H,5-6H2,1-4H3,(H2,12,13,15). The third-order valence-corrected chi connectivity index (χ3v) is 4.06. The molecule has 0 saturated carbocycles. The highest BCUT2D eigenvalue weighted by atomic mass is 32.2. The van der Waals surface area contributed by atoms with Crippen LogP contribution in [0.2, 0.25) is 0 Å². The maximum atomic E-state index is 11.7. The number of aromatic nitrogens is 1. The number of anilines is 1. The molecule has 0 aliphatic heterocycles. The average Bonchev–Trinajstić information content (AvgIpc) is 2.62. The predicted molar refractivity (Wildman–Crippen MR) is 71.0 cm³/mol. The van der Waals surface area contributed by atoms with Crippen LogP contribution in [-0.4, -0.2) is 32.4 Å². The number of rotatable bonds is 4. The molecule has 18 heavy (non-hydrogen) atoms. The molecule has 6 nitrogen and oxygen atoms in total. The molecule has 2 N–H and O–H groups in total. The molecule has 7 heteroatoms. The van der Waals surface area contributed by atoms with Crippen LogP contribution in [0.1, 0.15) is 26.5 Å². The van der Waals surface area contributed by atoms with E-state index >= 15 is 0 Å². The van der Waals surface area contributed by atoms with Gasteiger partial charge in [0.1, 0.15) is 0 Å². The number of hydrogen-bond donors (Lipinski definition) is 2. The molecule has 0 aliphatic carbocycles. The van der Waals surface area contributed by atoms with E-state index in [-0.39, 0.29) is 4.75 Å². The lowest BCUT2D eigenvalue weighted by molar-refractivity contribution is 0.251. The molecule has 1 rings (SSSR count). The van der Waals surface area contributed by atoms with Crippen molar-refractivity contribution in [2.24, 2.45) is 0 Å². The first-order valence-corrected chi connectivity index (χ1v) is 6.97. The van der Waals surface area contributed by atoms with E-state index in [9.17, 15) is 9.00 Å². The van der Waals surface area contributed by atoms with E-state index in [2.05, 4.69) is 15.8 Å². The summed E-state index contributed by atoms with van der Waals surface area (Å²) >= 11 is 0. The van der Waals surface area contributed by atoms with E-state index in [0.717, 1.165) is 0 Å². The Bertz CT molecular complexity index is 437. The van der Waals surface area contributed by atoms with Crippen molar-refractivity contribution >= 4 is 22.7 Å². The summed E-state index contributed by atoms with van der Waals surface area (Å²) in [6, 6.07) is 1.23. The molecule has 0 bridgehead atoms. The van der Waals surface area contributed by atoms with Crippen molar-refractivity contribution in [1.82, 2.24) is 10.5 Å². The summed E-state index contributed by atoms with van der Waals surface area (Å²) in [6.07, 6.45) is 0. The van der Waals surface area contributed by atoms with Gasteiger partial charge >= 0.3 is 6.03 Å². The van der Waals surface area contributed by atoms with Gasteiger partial charge in [-0.25, -0.2) is 4.79 Å². The topological polar surface area (TPSA) is 84.2 Å². The molecule has 1 aromatic rings. The fourth-order valence-corrected chi connectivity index (χ4v) is 2.04. The van der Waals surface area contributed by atoms with Crippen molar-refractivity contribution in [3.8, 4) is 0 Å². The molecule has 0 aromatic carbocycles. The summed E-state index contributed by atoms with van der Waals surface area (Å²) in [4.78, 5) is 11.4. The quantitative estimate of drug-likeness (QED) is 0.873. The number of amides is 2. The molecule has 1 unspecified atom stereocenters. The number of nitrogens with zero attached hydrogens (tertiary/aromatic N) is 1. The first-order valence-electron chi connectivity index (χ1n) is 5.65. The maximum Gasteiger partial charge on any atom is 0.321 e. The Morgan fingerprint density at radius 2 is 2.17 bits per heavy atom. The second-order valence-corrected chi connectivity index (χ2v) is 7.20. The van der Waals surface area contributed by atoms with Crippen LogP contribution in [0.5, 0.6) is 0 Å². The van der Waals surface area contributed by atoms with Gasteiger partial charge in [0.15, 0.2) is 0 Å². The monoisotopic (exact) mass is 273 g/mol. The summed E-state index contributed by atoms with van der Waals surface area (Å²) in [5.41, 5.74) is 0.694. The molecule has 1 heterocycles. The summed E-state index contributed by atoms with van der Waals surface area (Å²) in [6.45, 7) is 7.82. The number of hydrogen-bond acceptors (Lipinski definition) is 4. The molecule has 1 aromatic heterocycles. The second-order valence-electron chi connectivity index (χ2n) is 4.88. The van der Waals surface area contributed by atoms with Crippen molar-refractivity contribution < 1.29 is 13.5 Å². The third-order valence-electron chi connectivity index (χ3n) is 2.12. The van der Waals surface area contributed by atoms with Gasteiger partial charge in [-0.05, 0) is 27.7 Å². The van der Waals surface area contributed by atoms with Gasteiger partial charge in [0.25, 0.3) is 0 Å². The zero-order valence-electron chi connectivity index (χ0n) is 11.1. The van der Waals surface area contributed by atoms with Gasteiger partial charge in [0.05, 0.1) is 5.69 Å². The van der Waals surface area contributed by atoms with E-state index in [1.54, 1.807) is 13.0 Å². The number of urea groups is 1. The van der Waals surface area contributed by atoms with Crippen LogP contribution in [0.15, 0.2) is 10.6 Å². The van der Waals surface area contributed by atoms with Crippen LogP contribution < -0.4 is 10.6 Å². The number of nitrogens with one attached hydrogen (secondary N) is 2. The molecular formula is C11H19N3O3S. The zero-order chi connectivity index (χ0) is 13.8. The smallest absolute Gasteiger partial charge is 0.321 e. The van der Waals surface area contributed by atoms with Crippen molar-refractivity contribution in [1.29, 1.82) is 0 Å². The van der Waals surface area contributed by atoms with Crippen molar-refractivity contribution in [2.75, 3.05) is 17.6 Å². The molecule has 2 amide bonds. The zero-order valence-corrected chi connectivity index (χ0v) is 11.9. The Balaban J connectivity index is 2.28. The first kappa shape index (κ1) is 14.7. The van der Waals surface area contributed by atoms with Crippen LogP contribution >= 0.6 is 0 Å². The van der Waals surface area contributed by atoms with E-state index in [1.807, 2.05) is 20.8 Å². The molecule has 0 spiro atoms. The molecule has 1 atom stereocenters. The van der Waals surface area contributed by atoms with Crippen LogP contribution in [0.4, 0.5) is 10.7 Å². The van der Waals surface area contributed by atoms with E-state index < -0.39 is 16.8 Å². The Kier molecular flexibility index (Phi) is 4.89. The van der Waals surface area contributed by atoms with Crippen LogP contribution in [-0.2, 0) is 10.8 Å². The lowest BCUT2D eigenvalue weighted by atomic mass is 10.3.